The summed E-state index contributed by atoms with van der Waals surface area (Å²) < 4.78 is 6.10. The van der Waals surface area contributed by atoms with Gasteiger partial charge in [-0.2, -0.15) is 0 Å². The number of carbonyl (C=O) groups excluding carboxylic acids is 3. The number of aryl methyl sites for hydroxylation is 2. The molecule has 0 bridgehead atoms. The first-order valence-corrected chi connectivity index (χ1v) is 10.2. The number of anilines is 2. The van der Waals surface area contributed by atoms with Gasteiger partial charge in [-0.3, -0.25) is 14.4 Å². The molecule has 2 aromatic carbocycles. The number of carbonyl (C=O) groups is 3. The molecule has 1 atom stereocenters. The van der Waals surface area contributed by atoms with Gasteiger partial charge in [-0.05, 0) is 55.3 Å². The highest BCUT2D eigenvalue weighted by molar-refractivity contribution is 9.10. The lowest BCUT2D eigenvalue weighted by Crippen LogP contribution is -2.28. The summed E-state index contributed by atoms with van der Waals surface area (Å²) in [6, 6.07) is 10.6. The van der Waals surface area contributed by atoms with Gasteiger partial charge < -0.3 is 15.0 Å². The third-order valence-electron chi connectivity index (χ3n) is 4.70. The van der Waals surface area contributed by atoms with Gasteiger partial charge in [0.15, 0.2) is 6.61 Å². The minimum atomic E-state index is -0.619. The first-order valence-electron chi connectivity index (χ1n) is 9.03. The van der Waals surface area contributed by atoms with Crippen molar-refractivity contribution in [2.24, 2.45) is 5.92 Å². The smallest absolute Gasteiger partial charge is 0.311 e. The molecule has 152 valence electrons. The second-order valence-corrected chi connectivity index (χ2v) is 8.25. The van der Waals surface area contributed by atoms with Gasteiger partial charge >= 0.3 is 5.97 Å². The van der Waals surface area contributed by atoms with Crippen molar-refractivity contribution in [2.75, 3.05) is 23.4 Å². The molecule has 0 aliphatic carbocycles. The first-order chi connectivity index (χ1) is 13.7. The maximum absolute atomic E-state index is 12.3. The minimum absolute atomic E-state index is 0.0397. The van der Waals surface area contributed by atoms with Gasteiger partial charge in [0.1, 0.15) is 0 Å². The Morgan fingerprint density at radius 1 is 1.24 bits per heavy atom. The largest absolute Gasteiger partial charge is 0.455 e. The van der Waals surface area contributed by atoms with E-state index in [0.29, 0.717) is 16.4 Å². The Balaban J connectivity index is 1.55. The van der Waals surface area contributed by atoms with E-state index in [0.717, 1.165) is 15.6 Å². The van der Waals surface area contributed by atoms with E-state index >= 15 is 0 Å². The summed E-state index contributed by atoms with van der Waals surface area (Å²) in [5.74, 6) is -1.80. The Morgan fingerprint density at radius 3 is 2.72 bits per heavy atom. The maximum atomic E-state index is 12.3. The third-order valence-corrected chi connectivity index (χ3v) is 5.79. The highest BCUT2D eigenvalue weighted by Crippen LogP contribution is 2.28. The Bertz CT molecular complexity index is 979. The molecule has 3 rings (SSSR count). The predicted octanol–water partition coefficient (Wildman–Crippen LogP) is 4.25. The number of hydrogen-bond donors (Lipinski definition) is 1. The van der Waals surface area contributed by atoms with E-state index in [2.05, 4.69) is 21.2 Å². The lowest BCUT2D eigenvalue weighted by Gasteiger charge is -2.16. The number of halogens is 2. The third kappa shape index (κ3) is 5.16. The lowest BCUT2D eigenvalue weighted by atomic mass is 10.1. The molecule has 6 nitrogen and oxygen atoms in total. The molecule has 0 spiro atoms. The molecule has 2 aromatic rings. The Labute approximate surface area is 182 Å². The molecule has 1 aliphatic rings. The Kier molecular flexibility index (Phi) is 6.59. The molecular weight excluding hydrogens is 460 g/mol. The highest BCUT2D eigenvalue weighted by atomic mass is 79.9. The van der Waals surface area contributed by atoms with Crippen LogP contribution in [0.5, 0.6) is 0 Å². The van der Waals surface area contributed by atoms with Crippen LogP contribution in [-0.2, 0) is 19.1 Å². The van der Waals surface area contributed by atoms with Crippen molar-refractivity contribution < 1.29 is 19.1 Å². The fourth-order valence-electron chi connectivity index (χ4n) is 3.12. The summed E-state index contributed by atoms with van der Waals surface area (Å²) in [5, 5.41) is 3.26. The van der Waals surface area contributed by atoms with E-state index in [1.165, 1.54) is 4.90 Å². The zero-order chi connectivity index (χ0) is 21.1. The van der Waals surface area contributed by atoms with Crippen LogP contribution in [0.15, 0.2) is 40.9 Å². The van der Waals surface area contributed by atoms with Gasteiger partial charge in [0.2, 0.25) is 5.91 Å². The van der Waals surface area contributed by atoms with Crippen molar-refractivity contribution >= 4 is 56.7 Å². The fraction of sp³-hybridized carbons (Fsp3) is 0.286. The van der Waals surface area contributed by atoms with Crippen molar-refractivity contribution in [1.29, 1.82) is 0 Å². The Morgan fingerprint density at radius 2 is 2.00 bits per heavy atom. The van der Waals surface area contributed by atoms with Crippen LogP contribution in [0.25, 0.3) is 0 Å². The molecule has 1 saturated heterocycles. The average molecular weight is 480 g/mol. The Hall–Kier alpha value is -2.38. The van der Waals surface area contributed by atoms with Crippen LogP contribution in [0.1, 0.15) is 17.5 Å². The zero-order valence-corrected chi connectivity index (χ0v) is 18.3. The van der Waals surface area contributed by atoms with Crippen LogP contribution in [0.4, 0.5) is 11.4 Å². The van der Waals surface area contributed by atoms with Crippen molar-refractivity contribution in [3.05, 3.63) is 57.0 Å². The van der Waals surface area contributed by atoms with Crippen molar-refractivity contribution in [3.8, 4) is 0 Å². The number of benzene rings is 2. The van der Waals surface area contributed by atoms with Gasteiger partial charge in [-0.15, -0.1) is 0 Å². The van der Waals surface area contributed by atoms with Crippen LogP contribution in [0.3, 0.4) is 0 Å². The van der Waals surface area contributed by atoms with Gasteiger partial charge in [-0.25, -0.2) is 0 Å². The monoisotopic (exact) mass is 478 g/mol. The molecule has 0 saturated carbocycles. The zero-order valence-electron chi connectivity index (χ0n) is 16.0. The number of hydrogen-bond acceptors (Lipinski definition) is 4. The standard InChI is InChI=1S/C21H20BrClN2O4/c1-12-7-18(13(2)6-17(12)22)24-19(26)11-29-21(28)14-8-20(27)25(10-14)16-5-3-4-15(23)9-16/h3-7,9,14H,8,10-11H2,1-2H3,(H,24,26)/t14-/m0/s1. The summed E-state index contributed by atoms with van der Waals surface area (Å²) in [5.41, 5.74) is 3.17. The predicted molar refractivity (Wildman–Crippen MR) is 115 cm³/mol. The molecule has 0 radical (unpaired) electrons. The number of amides is 2. The van der Waals surface area contributed by atoms with E-state index < -0.39 is 24.4 Å². The second-order valence-electron chi connectivity index (χ2n) is 6.96. The molecule has 1 heterocycles. The van der Waals surface area contributed by atoms with Crippen LogP contribution in [0.2, 0.25) is 5.02 Å². The second kappa shape index (κ2) is 8.97. The molecule has 1 aliphatic heterocycles. The highest BCUT2D eigenvalue weighted by Gasteiger charge is 2.36. The minimum Gasteiger partial charge on any atom is -0.455 e. The summed E-state index contributed by atoms with van der Waals surface area (Å²) in [4.78, 5) is 38.3. The number of nitrogens with zero attached hydrogens (tertiary/aromatic N) is 1. The fourth-order valence-corrected chi connectivity index (χ4v) is 3.76. The SMILES string of the molecule is Cc1cc(NC(=O)COC(=O)[C@H]2CC(=O)N(c3cccc(Cl)c3)C2)c(C)cc1Br. The number of ether oxygens (including phenoxy) is 1. The molecule has 1 N–H and O–H groups in total. The molecule has 0 aromatic heterocycles. The quantitative estimate of drug-likeness (QED) is 0.651. The van der Waals surface area contributed by atoms with E-state index in [1.807, 2.05) is 26.0 Å². The van der Waals surface area contributed by atoms with E-state index in [-0.39, 0.29) is 18.9 Å². The van der Waals surface area contributed by atoms with Crippen LogP contribution in [-0.4, -0.2) is 30.9 Å². The van der Waals surface area contributed by atoms with Gasteiger partial charge in [0.05, 0.1) is 5.92 Å². The molecule has 29 heavy (non-hydrogen) atoms. The summed E-state index contributed by atoms with van der Waals surface area (Å²) in [7, 11) is 0. The van der Waals surface area contributed by atoms with Crippen LogP contribution < -0.4 is 10.2 Å². The van der Waals surface area contributed by atoms with Crippen molar-refractivity contribution in [3.63, 3.8) is 0 Å². The van der Waals surface area contributed by atoms with Crippen molar-refractivity contribution in [2.45, 2.75) is 20.3 Å². The lowest BCUT2D eigenvalue weighted by molar-refractivity contribution is -0.151. The normalized spacial score (nSPS) is 16.1. The molecule has 0 unspecified atom stereocenters. The maximum Gasteiger partial charge on any atom is 0.311 e. The van der Waals surface area contributed by atoms with Gasteiger partial charge in [0, 0.05) is 33.8 Å². The summed E-state index contributed by atoms with van der Waals surface area (Å²) in [6.45, 7) is 3.59. The number of rotatable bonds is 5. The van der Waals surface area contributed by atoms with E-state index in [4.69, 9.17) is 16.3 Å². The average Bonchev–Trinajstić information content (AvgIpc) is 3.06. The topological polar surface area (TPSA) is 75.7 Å². The first kappa shape index (κ1) is 21.3. The number of nitrogens with one attached hydrogen (secondary N) is 1. The molecule has 1 fully saturated rings. The molecule has 2 amide bonds. The van der Waals surface area contributed by atoms with Gasteiger partial charge in [0.25, 0.3) is 5.91 Å². The molecule has 8 heteroatoms. The van der Waals surface area contributed by atoms with E-state index in [1.54, 1.807) is 24.3 Å². The van der Waals surface area contributed by atoms with E-state index in [9.17, 15) is 14.4 Å². The summed E-state index contributed by atoms with van der Waals surface area (Å²) in [6.07, 6.45) is 0.0397. The summed E-state index contributed by atoms with van der Waals surface area (Å²) >= 11 is 9.42. The number of esters is 1. The van der Waals surface area contributed by atoms with Gasteiger partial charge in [-0.1, -0.05) is 33.6 Å². The molecular formula is C21H20BrClN2O4. The van der Waals surface area contributed by atoms with Crippen molar-refractivity contribution in [1.82, 2.24) is 0 Å². The van der Waals surface area contributed by atoms with Crippen LogP contribution in [0, 0.1) is 19.8 Å². The van der Waals surface area contributed by atoms with Crippen LogP contribution >= 0.6 is 27.5 Å².